The molecule has 0 unspecified atom stereocenters. The third kappa shape index (κ3) is 3.00. The van der Waals surface area contributed by atoms with E-state index < -0.39 is 0 Å². The number of thiophene rings is 1. The van der Waals surface area contributed by atoms with Crippen LogP contribution >= 0.6 is 11.3 Å². The molecule has 1 saturated heterocycles. The fourth-order valence-corrected chi connectivity index (χ4v) is 3.20. The van der Waals surface area contributed by atoms with Gasteiger partial charge in [0.25, 0.3) is 11.8 Å². The quantitative estimate of drug-likeness (QED) is 0.899. The highest BCUT2D eigenvalue weighted by Gasteiger charge is 2.27. The molecular weight excluding hydrogens is 300 g/mol. The van der Waals surface area contributed by atoms with Crippen molar-refractivity contribution in [3.05, 3.63) is 46.4 Å². The predicted molar refractivity (Wildman–Crippen MR) is 85.0 cm³/mol. The fraction of sp³-hybridized carbons (Fsp3) is 0.267. The molecule has 0 radical (unpaired) electrons. The molecule has 1 aliphatic heterocycles. The lowest BCUT2D eigenvalue weighted by molar-refractivity contribution is 0.0796. The fourth-order valence-electron chi connectivity index (χ4n) is 2.39. The second-order valence-corrected chi connectivity index (χ2v) is 6.07. The topological polar surface area (TPSA) is 88.3 Å². The summed E-state index contributed by atoms with van der Waals surface area (Å²) in [5, 5.41) is 4.58. The van der Waals surface area contributed by atoms with Crippen molar-refractivity contribution in [1.29, 1.82) is 0 Å². The molecule has 2 amide bonds. The van der Waals surface area contributed by atoms with E-state index in [-0.39, 0.29) is 17.9 Å². The highest BCUT2D eigenvalue weighted by atomic mass is 32.1. The Labute approximate surface area is 132 Å². The summed E-state index contributed by atoms with van der Waals surface area (Å²) in [7, 11) is 0. The van der Waals surface area contributed by atoms with E-state index in [9.17, 15) is 9.59 Å². The summed E-state index contributed by atoms with van der Waals surface area (Å²) in [6.07, 6.45) is 3.93. The number of nitrogens with two attached hydrogens (primary N) is 1. The normalized spacial score (nSPS) is 17.5. The number of nitrogens with one attached hydrogen (secondary N) is 1. The van der Waals surface area contributed by atoms with Gasteiger partial charge in [0.15, 0.2) is 0 Å². The number of hydrogen-bond acceptors (Lipinski definition) is 5. The molecule has 3 heterocycles. The number of anilines is 1. The molecule has 0 aromatic carbocycles. The van der Waals surface area contributed by atoms with Crippen LogP contribution in [0.2, 0.25) is 0 Å². The average molecular weight is 316 g/mol. The van der Waals surface area contributed by atoms with Crippen molar-refractivity contribution in [2.75, 3.05) is 18.4 Å². The van der Waals surface area contributed by atoms with Gasteiger partial charge in [0.05, 0.1) is 5.69 Å². The molecule has 2 aromatic heterocycles. The molecule has 0 bridgehead atoms. The Hall–Kier alpha value is -2.25. The molecule has 22 heavy (non-hydrogen) atoms. The number of likely N-dealkylation sites (tertiary alicyclic amines) is 1. The predicted octanol–water partition coefficient (Wildman–Crippen LogP) is 1.57. The van der Waals surface area contributed by atoms with Crippen LogP contribution in [-0.4, -0.2) is 40.8 Å². The Morgan fingerprint density at radius 1 is 1.32 bits per heavy atom. The van der Waals surface area contributed by atoms with Gasteiger partial charge in [-0.25, -0.2) is 0 Å². The Morgan fingerprint density at radius 3 is 2.77 bits per heavy atom. The van der Waals surface area contributed by atoms with Gasteiger partial charge in [-0.3, -0.25) is 14.6 Å². The Bertz CT molecular complexity index is 686. The van der Waals surface area contributed by atoms with E-state index in [0.29, 0.717) is 29.2 Å². The summed E-state index contributed by atoms with van der Waals surface area (Å²) in [5.74, 6) is -0.332. The van der Waals surface area contributed by atoms with Gasteiger partial charge in [0.2, 0.25) is 0 Å². The lowest BCUT2D eigenvalue weighted by Crippen LogP contribution is -2.32. The number of nitrogens with zero attached hydrogens (tertiary/aromatic N) is 2. The third-order valence-corrected chi connectivity index (χ3v) is 4.46. The van der Waals surface area contributed by atoms with Crippen LogP contribution in [0.1, 0.15) is 26.5 Å². The highest BCUT2D eigenvalue weighted by molar-refractivity contribution is 7.12. The molecule has 3 N–H and O–H groups in total. The van der Waals surface area contributed by atoms with Crippen molar-refractivity contribution in [1.82, 2.24) is 9.88 Å². The van der Waals surface area contributed by atoms with Gasteiger partial charge in [-0.2, -0.15) is 0 Å². The highest BCUT2D eigenvalue weighted by Crippen LogP contribution is 2.26. The van der Waals surface area contributed by atoms with Gasteiger partial charge in [-0.1, -0.05) is 0 Å². The van der Waals surface area contributed by atoms with Crippen molar-refractivity contribution in [3.63, 3.8) is 0 Å². The molecule has 7 heteroatoms. The number of rotatable bonds is 3. The molecule has 1 atom stereocenters. The molecule has 0 aliphatic carbocycles. The maximum absolute atomic E-state index is 12.5. The van der Waals surface area contributed by atoms with E-state index in [2.05, 4.69) is 10.3 Å². The SMILES string of the molecule is N[C@@H]1CCN(C(=O)c2sccc2NC(=O)c2ccncc2)C1. The first-order valence-electron chi connectivity index (χ1n) is 6.99. The van der Waals surface area contributed by atoms with Crippen molar-refractivity contribution < 1.29 is 9.59 Å². The van der Waals surface area contributed by atoms with E-state index in [0.717, 1.165) is 6.42 Å². The van der Waals surface area contributed by atoms with Crippen LogP contribution < -0.4 is 11.1 Å². The van der Waals surface area contributed by atoms with Gasteiger partial charge < -0.3 is 16.0 Å². The molecule has 1 aliphatic rings. The minimum atomic E-state index is -0.257. The van der Waals surface area contributed by atoms with E-state index in [1.165, 1.54) is 11.3 Å². The number of amides is 2. The summed E-state index contributed by atoms with van der Waals surface area (Å²) in [6.45, 7) is 1.23. The Balaban J connectivity index is 1.75. The molecule has 114 valence electrons. The standard InChI is InChI=1S/C15H16N4O2S/c16-11-3-7-19(9-11)15(21)13-12(4-8-22-13)18-14(20)10-1-5-17-6-2-10/h1-2,4-6,8,11H,3,7,9,16H2,(H,18,20)/t11-/m1/s1. The minimum absolute atomic E-state index is 0.0405. The monoisotopic (exact) mass is 316 g/mol. The number of carbonyl (C=O) groups excluding carboxylic acids is 2. The lowest BCUT2D eigenvalue weighted by atomic mass is 10.2. The number of aromatic nitrogens is 1. The van der Waals surface area contributed by atoms with E-state index in [1.807, 2.05) is 0 Å². The van der Waals surface area contributed by atoms with Crippen molar-refractivity contribution in [3.8, 4) is 0 Å². The van der Waals surface area contributed by atoms with Gasteiger partial charge in [0.1, 0.15) is 4.88 Å². The third-order valence-electron chi connectivity index (χ3n) is 3.56. The number of hydrogen-bond donors (Lipinski definition) is 2. The van der Waals surface area contributed by atoms with Crippen LogP contribution in [0.3, 0.4) is 0 Å². The first-order valence-corrected chi connectivity index (χ1v) is 7.87. The summed E-state index contributed by atoms with van der Waals surface area (Å²) in [6, 6.07) is 5.04. The summed E-state index contributed by atoms with van der Waals surface area (Å²) >= 11 is 1.32. The van der Waals surface area contributed by atoms with Crippen LogP contribution in [0, 0.1) is 0 Å². The smallest absolute Gasteiger partial charge is 0.266 e. The van der Waals surface area contributed by atoms with E-state index in [4.69, 9.17) is 5.73 Å². The molecule has 0 saturated carbocycles. The first kappa shape index (κ1) is 14.7. The van der Waals surface area contributed by atoms with Gasteiger partial charge in [0, 0.05) is 37.1 Å². The minimum Gasteiger partial charge on any atom is -0.336 e. The van der Waals surface area contributed by atoms with Crippen molar-refractivity contribution in [2.45, 2.75) is 12.5 Å². The zero-order chi connectivity index (χ0) is 15.5. The number of carbonyl (C=O) groups is 2. The number of pyridine rings is 1. The van der Waals surface area contributed by atoms with Crippen molar-refractivity contribution in [2.24, 2.45) is 5.73 Å². The summed E-state index contributed by atoms with van der Waals surface area (Å²) in [5.41, 5.74) is 6.89. The maximum Gasteiger partial charge on any atom is 0.266 e. The lowest BCUT2D eigenvalue weighted by Gasteiger charge is -2.16. The van der Waals surface area contributed by atoms with Crippen LogP contribution in [0.15, 0.2) is 36.0 Å². The Morgan fingerprint density at radius 2 is 2.09 bits per heavy atom. The second kappa shape index (κ2) is 6.25. The molecule has 1 fully saturated rings. The zero-order valence-corrected chi connectivity index (χ0v) is 12.7. The maximum atomic E-state index is 12.5. The summed E-state index contributed by atoms with van der Waals surface area (Å²) < 4.78 is 0. The van der Waals surface area contributed by atoms with Crippen molar-refractivity contribution >= 4 is 28.8 Å². The molecular formula is C15H16N4O2S. The molecule has 0 spiro atoms. The average Bonchev–Trinajstić information content (AvgIpc) is 3.16. The van der Waals surface area contributed by atoms with E-state index in [1.54, 1.807) is 40.9 Å². The van der Waals surface area contributed by atoms with Crippen LogP contribution in [-0.2, 0) is 0 Å². The molecule has 6 nitrogen and oxygen atoms in total. The summed E-state index contributed by atoms with van der Waals surface area (Å²) in [4.78, 5) is 30.8. The Kier molecular flexibility index (Phi) is 4.17. The van der Waals surface area contributed by atoms with Crippen LogP contribution in [0.5, 0.6) is 0 Å². The second-order valence-electron chi connectivity index (χ2n) is 5.15. The van der Waals surface area contributed by atoms with Crippen LogP contribution in [0.25, 0.3) is 0 Å². The van der Waals surface area contributed by atoms with Gasteiger partial charge in [-0.05, 0) is 30.0 Å². The van der Waals surface area contributed by atoms with Crippen LogP contribution in [0.4, 0.5) is 5.69 Å². The molecule has 3 rings (SSSR count). The molecule has 2 aromatic rings. The van der Waals surface area contributed by atoms with Gasteiger partial charge >= 0.3 is 0 Å². The largest absolute Gasteiger partial charge is 0.336 e. The van der Waals surface area contributed by atoms with Gasteiger partial charge in [-0.15, -0.1) is 11.3 Å². The van der Waals surface area contributed by atoms with E-state index >= 15 is 0 Å². The zero-order valence-electron chi connectivity index (χ0n) is 11.9. The first-order chi connectivity index (χ1) is 10.6.